The molecule has 2 heterocycles. The molecule has 3 N–H and O–H groups in total. The first-order chi connectivity index (χ1) is 7.92. The molecule has 0 spiro atoms. The lowest BCUT2D eigenvalue weighted by molar-refractivity contribution is 0.330. The Morgan fingerprint density at radius 1 is 1.38 bits per heavy atom. The molecule has 0 saturated carbocycles. The first kappa shape index (κ1) is 11.0. The number of nitrogens with zero attached hydrogens (tertiary/aromatic N) is 1. The molecule has 0 aromatic heterocycles. The van der Waals surface area contributed by atoms with Crippen molar-refractivity contribution in [1.82, 2.24) is 10.2 Å². The van der Waals surface area contributed by atoms with E-state index >= 15 is 0 Å². The topological polar surface area (TPSA) is 41.3 Å². The van der Waals surface area contributed by atoms with E-state index in [4.69, 9.17) is 5.73 Å². The van der Waals surface area contributed by atoms with Gasteiger partial charge in [0, 0.05) is 18.3 Å². The molecule has 1 unspecified atom stereocenters. The summed E-state index contributed by atoms with van der Waals surface area (Å²) in [5.41, 5.74) is 9.79. The number of rotatable bonds is 1. The average molecular weight is 217 g/mol. The van der Waals surface area contributed by atoms with Crippen molar-refractivity contribution in [2.75, 3.05) is 13.2 Å². The van der Waals surface area contributed by atoms with E-state index in [-0.39, 0.29) is 0 Å². The first-order valence-corrected chi connectivity index (χ1v) is 5.91. The van der Waals surface area contributed by atoms with Crippen LogP contribution in [0.5, 0.6) is 0 Å². The minimum absolute atomic E-state index is 0.354. The van der Waals surface area contributed by atoms with Crippen molar-refractivity contribution in [3.8, 4) is 0 Å². The van der Waals surface area contributed by atoms with Crippen LogP contribution in [0.4, 0.5) is 0 Å². The quantitative estimate of drug-likeness (QED) is 0.754. The van der Waals surface area contributed by atoms with Gasteiger partial charge in [-0.1, -0.05) is 38.1 Å². The third-order valence-corrected chi connectivity index (χ3v) is 3.01. The molecule has 0 amide bonds. The van der Waals surface area contributed by atoms with E-state index < -0.39 is 0 Å². The Hall–Kier alpha value is -1.48. The molecule has 0 radical (unpaired) electrons. The summed E-state index contributed by atoms with van der Waals surface area (Å²) in [4.78, 5) is 2.32. The second kappa shape index (κ2) is 4.58. The van der Waals surface area contributed by atoms with Gasteiger partial charge in [-0.2, -0.15) is 0 Å². The van der Waals surface area contributed by atoms with Crippen LogP contribution < -0.4 is 11.1 Å². The molecule has 1 atom stereocenters. The first-order valence-electron chi connectivity index (χ1n) is 5.91. The molecule has 0 bridgehead atoms. The summed E-state index contributed by atoms with van der Waals surface area (Å²) in [6, 6.07) is 8.85. The Morgan fingerprint density at radius 2 is 2.12 bits per heavy atom. The molecule has 3 nitrogen and oxygen atoms in total. The monoisotopic (exact) mass is 217 g/mol. The molecule has 3 rings (SSSR count). The molecule has 0 aliphatic carbocycles. The van der Waals surface area contributed by atoms with Crippen LogP contribution in [-0.4, -0.2) is 18.1 Å². The van der Waals surface area contributed by atoms with Gasteiger partial charge in [0.15, 0.2) is 0 Å². The van der Waals surface area contributed by atoms with Gasteiger partial charge in [0.25, 0.3) is 0 Å². The smallest absolute Gasteiger partial charge is 0.0879 e. The maximum absolute atomic E-state index is 5.81. The zero-order valence-corrected chi connectivity index (χ0v) is 9.90. The van der Waals surface area contributed by atoms with Gasteiger partial charge in [0.1, 0.15) is 0 Å². The zero-order valence-electron chi connectivity index (χ0n) is 9.90. The minimum Gasteiger partial charge on any atom is -0.372 e. The van der Waals surface area contributed by atoms with Crippen molar-refractivity contribution < 1.29 is 0 Å². The maximum atomic E-state index is 5.81. The van der Waals surface area contributed by atoms with E-state index in [1.807, 2.05) is 13.8 Å². The van der Waals surface area contributed by atoms with Crippen molar-refractivity contribution in [3.63, 3.8) is 0 Å². The van der Waals surface area contributed by atoms with E-state index in [9.17, 15) is 0 Å². The van der Waals surface area contributed by atoms with Crippen molar-refractivity contribution in [1.29, 1.82) is 0 Å². The van der Waals surface area contributed by atoms with Gasteiger partial charge in [-0.15, -0.1) is 0 Å². The van der Waals surface area contributed by atoms with Crippen LogP contribution in [0.25, 0.3) is 5.70 Å². The lowest BCUT2D eigenvalue weighted by Crippen LogP contribution is -2.28. The Balaban J connectivity index is 0.000000457. The molecule has 2 aliphatic rings. The second-order valence-corrected chi connectivity index (χ2v) is 3.70. The number of hydrogen-bond acceptors (Lipinski definition) is 3. The fraction of sp³-hybridized carbons (Fsp3) is 0.385. The summed E-state index contributed by atoms with van der Waals surface area (Å²) in [6.45, 7) is 5.56. The lowest BCUT2D eigenvalue weighted by atomic mass is 10.0. The fourth-order valence-corrected chi connectivity index (χ4v) is 2.36. The van der Waals surface area contributed by atoms with E-state index in [0.717, 1.165) is 6.67 Å². The Kier molecular flexibility index (Phi) is 3.15. The summed E-state index contributed by atoms with van der Waals surface area (Å²) < 4.78 is 0. The van der Waals surface area contributed by atoms with Crippen LogP contribution in [-0.2, 0) is 0 Å². The molecule has 1 aromatic carbocycles. The highest BCUT2D eigenvalue weighted by Gasteiger charge is 2.34. The molecule has 3 heteroatoms. The second-order valence-electron chi connectivity index (χ2n) is 3.70. The predicted molar refractivity (Wildman–Crippen MR) is 67.4 cm³/mol. The third-order valence-electron chi connectivity index (χ3n) is 3.01. The minimum atomic E-state index is 0.354. The normalized spacial score (nSPS) is 20.3. The van der Waals surface area contributed by atoms with Crippen molar-refractivity contribution >= 4 is 5.70 Å². The van der Waals surface area contributed by atoms with Crippen LogP contribution in [0.15, 0.2) is 30.5 Å². The number of benzene rings is 1. The molecular weight excluding hydrogens is 198 g/mol. The van der Waals surface area contributed by atoms with Crippen molar-refractivity contribution in [2.24, 2.45) is 5.73 Å². The summed E-state index contributed by atoms with van der Waals surface area (Å²) in [6.07, 6.45) is 2.08. The molecule has 0 saturated heterocycles. The largest absolute Gasteiger partial charge is 0.372 e. The molecule has 16 heavy (non-hydrogen) atoms. The fourth-order valence-electron chi connectivity index (χ4n) is 2.36. The van der Waals surface area contributed by atoms with Gasteiger partial charge < -0.3 is 16.0 Å². The number of fused-ring (bicyclic) bond motifs is 3. The third kappa shape index (κ3) is 1.48. The maximum Gasteiger partial charge on any atom is 0.0879 e. The van der Waals surface area contributed by atoms with Crippen LogP contribution in [0, 0.1) is 0 Å². The molecule has 0 fully saturated rings. The average Bonchev–Trinajstić information content (AvgIpc) is 2.91. The van der Waals surface area contributed by atoms with Gasteiger partial charge in [0.05, 0.1) is 18.4 Å². The highest BCUT2D eigenvalue weighted by atomic mass is 15.3. The summed E-state index contributed by atoms with van der Waals surface area (Å²) in [5.74, 6) is 0. The summed E-state index contributed by atoms with van der Waals surface area (Å²) in [5, 5.41) is 3.24. The lowest BCUT2D eigenvalue weighted by Gasteiger charge is -2.22. The SMILES string of the molecule is CC.NCC1c2ccccc2C2=CNCN21. The number of nitrogens with one attached hydrogen (secondary N) is 1. The highest BCUT2D eigenvalue weighted by molar-refractivity contribution is 5.73. The number of hydrogen-bond donors (Lipinski definition) is 2. The van der Waals surface area contributed by atoms with E-state index in [1.165, 1.54) is 16.8 Å². The Labute approximate surface area is 96.9 Å². The highest BCUT2D eigenvalue weighted by Crippen LogP contribution is 2.41. The molecule has 2 aliphatic heterocycles. The van der Waals surface area contributed by atoms with Crippen LogP contribution >= 0.6 is 0 Å². The number of nitrogens with two attached hydrogens (primary N) is 1. The zero-order chi connectivity index (χ0) is 11.5. The van der Waals surface area contributed by atoms with Crippen LogP contribution in [0.2, 0.25) is 0 Å². The van der Waals surface area contributed by atoms with E-state index in [1.54, 1.807) is 0 Å². The van der Waals surface area contributed by atoms with E-state index in [0.29, 0.717) is 12.6 Å². The standard InChI is InChI=1S/C11H13N3.C2H6/c12-5-10-8-3-1-2-4-9(8)11-6-13-7-14(10)11;1-2/h1-4,6,10,13H,5,7,12H2;1-2H3. The van der Waals surface area contributed by atoms with Crippen molar-refractivity contribution in [2.45, 2.75) is 19.9 Å². The summed E-state index contributed by atoms with van der Waals surface area (Å²) >= 11 is 0. The molecule has 1 aromatic rings. The Bertz CT molecular complexity index is 398. The summed E-state index contributed by atoms with van der Waals surface area (Å²) in [7, 11) is 0. The van der Waals surface area contributed by atoms with Crippen LogP contribution in [0.3, 0.4) is 0 Å². The van der Waals surface area contributed by atoms with Gasteiger partial charge in [-0.25, -0.2) is 0 Å². The van der Waals surface area contributed by atoms with Gasteiger partial charge in [-0.3, -0.25) is 0 Å². The molecule has 86 valence electrons. The van der Waals surface area contributed by atoms with E-state index in [2.05, 4.69) is 40.7 Å². The predicted octanol–water partition coefficient (Wildman–Crippen LogP) is 1.89. The van der Waals surface area contributed by atoms with Gasteiger partial charge in [-0.05, 0) is 5.56 Å². The van der Waals surface area contributed by atoms with Gasteiger partial charge in [0.2, 0.25) is 0 Å². The Morgan fingerprint density at radius 3 is 2.88 bits per heavy atom. The molecular formula is C13H19N3. The van der Waals surface area contributed by atoms with Gasteiger partial charge >= 0.3 is 0 Å². The van der Waals surface area contributed by atoms with Crippen LogP contribution in [0.1, 0.15) is 31.0 Å². The van der Waals surface area contributed by atoms with Crippen molar-refractivity contribution in [3.05, 3.63) is 41.6 Å².